The fraction of sp³-hybridized carbons (Fsp3) is 0.250. The fourth-order valence-electron chi connectivity index (χ4n) is 1.61. The maximum absolute atomic E-state index is 8.90. The minimum atomic E-state index is 0.229. The molecule has 0 unspecified atom stereocenters. The van der Waals surface area contributed by atoms with Crippen molar-refractivity contribution in [3.63, 3.8) is 0 Å². The number of aromatic nitrogens is 3. The zero-order valence-corrected chi connectivity index (χ0v) is 10.0. The molecule has 5 nitrogen and oxygen atoms in total. The maximum Gasteiger partial charge on any atom is 0.165 e. The predicted molar refractivity (Wildman–Crippen MR) is 64.7 cm³/mol. The fourth-order valence-corrected chi connectivity index (χ4v) is 1.61. The summed E-state index contributed by atoms with van der Waals surface area (Å²) < 4.78 is 1.73. The van der Waals surface area contributed by atoms with E-state index in [0.29, 0.717) is 11.5 Å². The van der Waals surface area contributed by atoms with Crippen LogP contribution in [0, 0.1) is 32.1 Å². The van der Waals surface area contributed by atoms with Crippen LogP contribution in [0.2, 0.25) is 0 Å². The highest BCUT2D eigenvalue weighted by Gasteiger charge is 2.11. The third-order valence-electron chi connectivity index (χ3n) is 2.89. The summed E-state index contributed by atoms with van der Waals surface area (Å²) in [5.74, 6) is 0.615. The molecule has 2 aromatic rings. The maximum atomic E-state index is 8.90. The van der Waals surface area contributed by atoms with Gasteiger partial charge < -0.3 is 5.73 Å². The van der Waals surface area contributed by atoms with Gasteiger partial charge in [-0.1, -0.05) is 0 Å². The Kier molecular flexibility index (Phi) is 2.56. The Bertz CT molecular complexity index is 619. The van der Waals surface area contributed by atoms with E-state index in [0.717, 1.165) is 17.0 Å². The van der Waals surface area contributed by atoms with Crippen LogP contribution < -0.4 is 5.73 Å². The molecular formula is C12H13N5. The molecule has 0 aliphatic carbocycles. The Morgan fingerprint density at radius 3 is 2.53 bits per heavy atom. The van der Waals surface area contributed by atoms with Gasteiger partial charge in [-0.3, -0.25) is 0 Å². The molecule has 2 heterocycles. The highest BCUT2D eigenvalue weighted by molar-refractivity contribution is 5.52. The summed E-state index contributed by atoms with van der Waals surface area (Å²) >= 11 is 0. The SMILES string of the molecule is Cc1nn(-c2ccc(N)c(C#N)n2)c(C)c1C. The van der Waals surface area contributed by atoms with Crippen LogP contribution in [0.5, 0.6) is 0 Å². The second kappa shape index (κ2) is 3.91. The molecular weight excluding hydrogens is 214 g/mol. The van der Waals surface area contributed by atoms with Crippen molar-refractivity contribution >= 4 is 5.69 Å². The van der Waals surface area contributed by atoms with E-state index in [-0.39, 0.29) is 5.69 Å². The number of aryl methyl sites for hydroxylation is 1. The quantitative estimate of drug-likeness (QED) is 0.803. The molecule has 86 valence electrons. The van der Waals surface area contributed by atoms with Gasteiger partial charge in [0.1, 0.15) is 6.07 Å². The molecule has 0 fully saturated rings. The number of hydrogen-bond donors (Lipinski definition) is 1. The molecule has 2 N–H and O–H groups in total. The third-order valence-corrected chi connectivity index (χ3v) is 2.89. The summed E-state index contributed by atoms with van der Waals surface area (Å²) in [6.07, 6.45) is 0. The number of hydrogen-bond acceptors (Lipinski definition) is 4. The average Bonchev–Trinajstić information content (AvgIpc) is 2.58. The first-order chi connectivity index (χ1) is 8.04. The second-order valence-electron chi connectivity index (χ2n) is 3.93. The molecule has 0 amide bonds. The standard InChI is InChI=1S/C12H13N5/c1-7-8(2)16-17(9(7)3)12-5-4-10(14)11(6-13)15-12/h4-5H,14H2,1-3H3. The Morgan fingerprint density at radius 2 is 2.00 bits per heavy atom. The Balaban J connectivity index is 2.62. The van der Waals surface area contributed by atoms with Crippen molar-refractivity contribution in [2.45, 2.75) is 20.8 Å². The topological polar surface area (TPSA) is 80.5 Å². The molecule has 2 aromatic heterocycles. The summed E-state index contributed by atoms with van der Waals surface area (Å²) in [4.78, 5) is 4.19. The summed E-state index contributed by atoms with van der Waals surface area (Å²) in [6.45, 7) is 5.93. The highest BCUT2D eigenvalue weighted by atomic mass is 15.3. The van der Waals surface area contributed by atoms with Gasteiger partial charge in [0.15, 0.2) is 11.5 Å². The number of anilines is 1. The number of nitrogen functional groups attached to an aromatic ring is 1. The zero-order valence-electron chi connectivity index (χ0n) is 10.0. The van der Waals surface area contributed by atoms with E-state index in [2.05, 4.69) is 10.1 Å². The molecule has 0 aromatic carbocycles. The number of nitrogens with two attached hydrogens (primary N) is 1. The first kappa shape index (κ1) is 11.1. The van der Waals surface area contributed by atoms with Gasteiger partial charge >= 0.3 is 0 Å². The van der Waals surface area contributed by atoms with Gasteiger partial charge in [0.05, 0.1) is 11.4 Å². The highest BCUT2D eigenvalue weighted by Crippen LogP contribution is 2.17. The molecule has 2 rings (SSSR count). The predicted octanol–water partition coefficient (Wildman–Crippen LogP) is 1.65. The summed E-state index contributed by atoms with van der Waals surface area (Å²) in [6, 6.07) is 5.40. The van der Waals surface area contributed by atoms with Crippen LogP contribution in [0.25, 0.3) is 5.82 Å². The second-order valence-corrected chi connectivity index (χ2v) is 3.93. The first-order valence-electron chi connectivity index (χ1n) is 5.24. The van der Waals surface area contributed by atoms with Crippen molar-refractivity contribution in [1.82, 2.24) is 14.8 Å². The van der Waals surface area contributed by atoms with Crippen molar-refractivity contribution in [3.05, 3.63) is 34.8 Å². The van der Waals surface area contributed by atoms with Crippen LogP contribution in [0.15, 0.2) is 12.1 Å². The van der Waals surface area contributed by atoms with E-state index in [1.165, 1.54) is 0 Å². The largest absolute Gasteiger partial charge is 0.396 e. The normalized spacial score (nSPS) is 10.2. The Morgan fingerprint density at radius 1 is 1.29 bits per heavy atom. The summed E-state index contributed by atoms with van der Waals surface area (Å²) in [5, 5.41) is 13.3. The van der Waals surface area contributed by atoms with E-state index >= 15 is 0 Å². The van der Waals surface area contributed by atoms with Crippen LogP contribution in [0.3, 0.4) is 0 Å². The first-order valence-corrected chi connectivity index (χ1v) is 5.24. The van der Waals surface area contributed by atoms with E-state index in [4.69, 9.17) is 11.0 Å². The molecule has 0 aliphatic rings. The van der Waals surface area contributed by atoms with E-state index in [1.54, 1.807) is 16.8 Å². The van der Waals surface area contributed by atoms with Crippen LogP contribution >= 0.6 is 0 Å². The van der Waals surface area contributed by atoms with Gasteiger partial charge in [-0.05, 0) is 38.5 Å². The lowest BCUT2D eigenvalue weighted by Crippen LogP contribution is -2.05. The van der Waals surface area contributed by atoms with Crippen LogP contribution in [0.4, 0.5) is 5.69 Å². The minimum Gasteiger partial charge on any atom is -0.396 e. The lowest BCUT2D eigenvalue weighted by Gasteiger charge is -2.05. The number of nitriles is 1. The lowest BCUT2D eigenvalue weighted by molar-refractivity contribution is 0.804. The van der Waals surface area contributed by atoms with Crippen LogP contribution in [0.1, 0.15) is 22.6 Å². The number of nitrogens with zero attached hydrogens (tertiary/aromatic N) is 4. The molecule has 5 heteroatoms. The number of rotatable bonds is 1. The molecule has 0 saturated heterocycles. The molecule has 0 bridgehead atoms. The van der Waals surface area contributed by atoms with Crippen molar-refractivity contribution < 1.29 is 0 Å². The van der Waals surface area contributed by atoms with Gasteiger partial charge in [0.25, 0.3) is 0 Å². The van der Waals surface area contributed by atoms with Gasteiger partial charge in [-0.15, -0.1) is 0 Å². The smallest absolute Gasteiger partial charge is 0.165 e. The zero-order chi connectivity index (χ0) is 12.6. The van der Waals surface area contributed by atoms with Crippen molar-refractivity contribution in [2.24, 2.45) is 0 Å². The van der Waals surface area contributed by atoms with Crippen LogP contribution in [-0.2, 0) is 0 Å². The van der Waals surface area contributed by atoms with Gasteiger partial charge in [-0.2, -0.15) is 10.4 Å². The monoisotopic (exact) mass is 227 g/mol. The molecule has 17 heavy (non-hydrogen) atoms. The lowest BCUT2D eigenvalue weighted by atomic mass is 10.2. The summed E-state index contributed by atoms with van der Waals surface area (Å²) in [7, 11) is 0. The third kappa shape index (κ3) is 1.74. The molecule has 0 saturated carbocycles. The van der Waals surface area contributed by atoms with E-state index < -0.39 is 0 Å². The Labute approximate surface area is 99.5 Å². The van der Waals surface area contributed by atoms with Gasteiger partial charge in [0.2, 0.25) is 0 Å². The van der Waals surface area contributed by atoms with Crippen LogP contribution in [-0.4, -0.2) is 14.8 Å². The van der Waals surface area contributed by atoms with E-state index in [1.807, 2.05) is 26.8 Å². The Hall–Kier alpha value is -2.35. The van der Waals surface area contributed by atoms with Gasteiger partial charge in [0, 0.05) is 5.69 Å². The van der Waals surface area contributed by atoms with Crippen molar-refractivity contribution in [3.8, 4) is 11.9 Å². The molecule has 0 radical (unpaired) electrons. The summed E-state index contributed by atoms with van der Waals surface area (Å²) in [5.41, 5.74) is 9.35. The van der Waals surface area contributed by atoms with Crippen molar-refractivity contribution in [1.29, 1.82) is 5.26 Å². The van der Waals surface area contributed by atoms with E-state index in [9.17, 15) is 0 Å². The molecule has 0 aliphatic heterocycles. The minimum absolute atomic E-state index is 0.229. The van der Waals surface area contributed by atoms with Gasteiger partial charge in [-0.25, -0.2) is 9.67 Å². The molecule has 0 atom stereocenters. The van der Waals surface area contributed by atoms with Crippen molar-refractivity contribution in [2.75, 3.05) is 5.73 Å². The average molecular weight is 227 g/mol. The molecule has 0 spiro atoms. The number of pyridine rings is 1.